The van der Waals surface area contributed by atoms with Crippen molar-refractivity contribution in [2.45, 2.75) is 58.0 Å². The van der Waals surface area contributed by atoms with Crippen LogP contribution in [-0.4, -0.2) is 61.0 Å². The van der Waals surface area contributed by atoms with E-state index in [0.717, 1.165) is 26.2 Å². The molecule has 1 saturated carbocycles. The van der Waals surface area contributed by atoms with E-state index in [9.17, 15) is 4.79 Å². The quantitative estimate of drug-likeness (QED) is 0.852. The van der Waals surface area contributed by atoms with Crippen molar-refractivity contribution in [3.8, 4) is 0 Å². The first-order chi connectivity index (χ1) is 9.61. The first-order valence-electron chi connectivity index (χ1n) is 8.32. The molecule has 20 heavy (non-hydrogen) atoms. The lowest BCUT2D eigenvalue weighted by atomic mass is 9.91. The number of nitrogens with zero attached hydrogens (tertiary/aromatic N) is 2. The summed E-state index contributed by atoms with van der Waals surface area (Å²) in [5.41, 5.74) is 0. The monoisotopic (exact) mass is 281 g/mol. The molecule has 0 spiro atoms. The molecule has 0 bridgehead atoms. The van der Waals surface area contributed by atoms with Gasteiger partial charge >= 0.3 is 0 Å². The van der Waals surface area contributed by atoms with Crippen molar-refractivity contribution in [1.82, 2.24) is 15.1 Å². The number of likely N-dealkylation sites (N-methyl/N-ethyl adjacent to an activating group) is 1. The van der Waals surface area contributed by atoms with Crippen LogP contribution >= 0.6 is 0 Å². The van der Waals surface area contributed by atoms with Crippen LogP contribution in [0, 0.1) is 5.92 Å². The molecule has 1 heterocycles. The minimum Gasteiger partial charge on any atom is -0.339 e. The maximum absolute atomic E-state index is 12.9. The molecule has 1 atom stereocenters. The molecule has 2 rings (SSSR count). The Kier molecular flexibility index (Phi) is 5.85. The van der Waals surface area contributed by atoms with Gasteiger partial charge in [0.2, 0.25) is 5.91 Å². The van der Waals surface area contributed by atoms with Gasteiger partial charge in [0, 0.05) is 32.2 Å². The van der Waals surface area contributed by atoms with E-state index >= 15 is 0 Å². The summed E-state index contributed by atoms with van der Waals surface area (Å²) in [4.78, 5) is 17.3. The summed E-state index contributed by atoms with van der Waals surface area (Å²) >= 11 is 0. The molecule has 4 heteroatoms. The van der Waals surface area contributed by atoms with Gasteiger partial charge in [-0.15, -0.1) is 0 Å². The van der Waals surface area contributed by atoms with Crippen LogP contribution in [0.4, 0.5) is 0 Å². The van der Waals surface area contributed by atoms with E-state index in [1.54, 1.807) is 0 Å². The van der Waals surface area contributed by atoms with E-state index in [-0.39, 0.29) is 6.04 Å². The lowest BCUT2D eigenvalue weighted by Crippen LogP contribution is -2.57. The minimum atomic E-state index is 0.0520. The summed E-state index contributed by atoms with van der Waals surface area (Å²) in [7, 11) is 2.17. The van der Waals surface area contributed by atoms with E-state index in [0.29, 0.717) is 17.9 Å². The lowest BCUT2D eigenvalue weighted by Gasteiger charge is -2.41. The average molecular weight is 281 g/mol. The molecule has 2 fully saturated rings. The van der Waals surface area contributed by atoms with Gasteiger partial charge in [0.1, 0.15) is 0 Å². The molecule has 2 aliphatic rings. The van der Waals surface area contributed by atoms with Crippen molar-refractivity contribution < 1.29 is 4.79 Å². The first kappa shape index (κ1) is 15.8. The van der Waals surface area contributed by atoms with Gasteiger partial charge in [-0.1, -0.05) is 33.1 Å². The van der Waals surface area contributed by atoms with Crippen LogP contribution in [0.25, 0.3) is 0 Å². The minimum absolute atomic E-state index is 0.0520. The molecule has 0 radical (unpaired) electrons. The Labute approximate surface area is 123 Å². The molecule has 1 aliphatic carbocycles. The summed E-state index contributed by atoms with van der Waals surface area (Å²) in [6, 6.07) is 0.652. The van der Waals surface area contributed by atoms with E-state index in [1.807, 2.05) is 0 Å². The Morgan fingerprint density at radius 2 is 1.75 bits per heavy atom. The molecule has 0 aromatic rings. The summed E-state index contributed by atoms with van der Waals surface area (Å²) in [5.74, 6) is 0.721. The second kappa shape index (κ2) is 7.41. The number of nitrogens with one attached hydrogen (secondary N) is 1. The third-order valence-corrected chi connectivity index (χ3v) is 4.90. The van der Waals surface area contributed by atoms with E-state index < -0.39 is 0 Å². The number of amides is 1. The van der Waals surface area contributed by atoms with E-state index in [1.165, 1.54) is 32.1 Å². The maximum atomic E-state index is 12.9. The Bertz CT molecular complexity index is 307. The molecular weight excluding hydrogens is 250 g/mol. The molecule has 0 aromatic carbocycles. The molecule has 1 aliphatic heterocycles. The number of carbonyl (C=O) groups is 1. The Balaban J connectivity index is 2.02. The Hall–Kier alpha value is -0.610. The van der Waals surface area contributed by atoms with Crippen molar-refractivity contribution in [3.63, 3.8) is 0 Å². The molecule has 1 amide bonds. The number of carbonyl (C=O) groups excluding carboxylic acids is 1. The Morgan fingerprint density at radius 3 is 2.30 bits per heavy atom. The van der Waals surface area contributed by atoms with Gasteiger partial charge in [0.25, 0.3) is 0 Å². The number of rotatable bonds is 4. The topological polar surface area (TPSA) is 35.6 Å². The van der Waals surface area contributed by atoms with Gasteiger partial charge in [-0.2, -0.15) is 0 Å². The van der Waals surface area contributed by atoms with Crippen LogP contribution in [-0.2, 0) is 4.79 Å². The molecule has 1 saturated heterocycles. The van der Waals surface area contributed by atoms with Crippen molar-refractivity contribution in [2.75, 3.05) is 33.2 Å². The zero-order valence-corrected chi connectivity index (χ0v) is 13.4. The van der Waals surface area contributed by atoms with E-state index in [4.69, 9.17) is 0 Å². The summed E-state index contributed by atoms with van der Waals surface area (Å²) in [6.45, 7) is 7.96. The van der Waals surface area contributed by atoms with Gasteiger partial charge < -0.3 is 10.2 Å². The fraction of sp³-hybridized carbons (Fsp3) is 0.938. The molecule has 0 aromatic heterocycles. The van der Waals surface area contributed by atoms with Crippen LogP contribution in [0.1, 0.15) is 46.0 Å². The number of hydrogen-bond donors (Lipinski definition) is 1. The van der Waals surface area contributed by atoms with Crippen molar-refractivity contribution in [3.05, 3.63) is 0 Å². The molecule has 1 N–H and O–H groups in total. The summed E-state index contributed by atoms with van der Waals surface area (Å²) < 4.78 is 0. The zero-order valence-electron chi connectivity index (χ0n) is 13.4. The first-order valence-corrected chi connectivity index (χ1v) is 8.32. The molecule has 1 unspecified atom stereocenters. The molecular formula is C16H31N3O. The largest absolute Gasteiger partial charge is 0.339 e. The summed E-state index contributed by atoms with van der Waals surface area (Å²) in [6.07, 6.45) is 6.52. The van der Waals surface area contributed by atoms with Crippen LogP contribution in [0.15, 0.2) is 0 Å². The normalized spacial score (nSPS) is 23.4. The predicted octanol–water partition coefficient (Wildman–Crippen LogP) is 1.71. The number of piperazine rings is 1. The zero-order chi connectivity index (χ0) is 14.5. The van der Waals surface area contributed by atoms with Gasteiger partial charge in [-0.3, -0.25) is 9.69 Å². The van der Waals surface area contributed by atoms with Crippen LogP contribution in [0.3, 0.4) is 0 Å². The molecule has 4 nitrogen and oxygen atoms in total. The standard InChI is InChI=1S/C16H31N3O/c1-13(2)15(16(20)19-11-9-17-10-12-19)18(3)14-7-5-4-6-8-14/h13-15,17H,4-12H2,1-3H3. The second-order valence-electron chi connectivity index (χ2n) is 6.72. The lowest BCUT2D eigenvalue weighted by molar-refractivity contribution is -0.140. The van der Waals surface area contributed by atoms with E-state index in [2.05, 4.69) is 36.0 Å². The van der Waals surface area contributed by atoms with Gasteiger partial charge in [0.15, 0.2) is 0 Å². The second-order valence-corrected chi connectivity index (χ2v) is 6.72. The van der Waals surface area contributed by atoms with Gasteiger partial charge in [0.05, 0.1) is 6.04 Å². The van der Waals surface area contributed by atoms with Crippen LogP contribution in [0.2, 0.25) is 0 Å². The average Bonchev–Trinajstić information content (AvgIpc) is 2.48. The third kappa shape index (κ3) is 3.73. The fourth-order valence-electron chi connectivity index (χ4n) is 3.72. The Morgan fingerprint density at radius 1 is 1.15 bits per heavy atom. The SMILES string of the molecule is CC(C)C(C(=O)N1CCNCC1)N(C)C1CCCCC1. The van der Waals surface area contributed by atoms with Gasteiger partial charge in [-0.25, -0.2) is 0 Å². The highest BCUT2D eigenvalue weighted by molar-refractivity contribution is 5.82. The number of hydrogen-bond acceptors (Lipinski definition) is 3. The van der Waals surface area contributed by atoms with Crippen LogP contribution < -0.4 is 5.32 Å². The third-order valence-electron chi connectivity index (χ3n) is 4.90. The highest BCUT2D eigenvalue weighted by atomic mass is 16.2. The smallest absolute Gasteiger partial charge is 0.240 e. The predicted molar refractivity (Wildman–Crippen MR) is 82.7 cm³/mol. The van der Waals surface area contributed by atoms with Crippen molar-refractivity contribution in [2.24, 2.45) is 5.92 Å². The highest BCUT2D eigenvalue weighted by Crippen LogP contribution is 2.26. The van der Waals surface area contributed by atoms with Crippen LogP contribution in [0.5, 0.6) is 0 Å². The molecule has 116 valence electrons. The maximum Gasteiger partial charge on any atom is 0.240 e. The highest BCUT2D eigenvalue weighted by Gasteiger charge is 2.34. The van der Waals surface area contributed by atoms with Crippen molar-refractivity contribution >= 4 is 5.91 Å². The van der Waals surface area contributed by atoms with Crippen molar-refractivity contribution in [1.29, 1.82) is 0 Å². The van der Waals surface area contributed by atoms with Gasteiger partial charge in [-0.05, 0) is 25.8 Å². The fourth-order valence-corrected chi connectivity index (χ4v) is 3.72. The summed E-state index contributed by atoms with van der Waals surface area (Å²) in [5, 5.41) is 3.32.